The predicted octanol–water partition coefficient (Wildman–Crippen LogP) is 5.55. The van der Waals surface area contributed by atoms with E-state index in [-0.39, 0.29) is 11.9 Å². The standard InChI is InChI=1S/C31H35N5O2/c1-3-8-28-33-20-26-19-27(23-9-6-5-7-10-23)29(34-30(26)36(28)32)24-13-11-22(12-14-24)21-35-17-15-25(16-18-35)31(37)38-4-2/h5-14,19-20,25H,3-4,15-18,21,32H2,1-2H3/b28-8-. The van der Waals surface area contributed by atoms with Gasteiger partial charge in [-0.1, -0.05) is 61.5 Å². The molecule has 3 heterocycles. The molecule has 2 N–H and O–H groups in total. The van der Waals surface area contributed by atoms with Gasteiger partial charge in [0.15, 0.2) is 5.82 Å². The van der Waals surface area contributed by atoms with E-state index in [4.69, 9.17) is 15.6 Å². The fraction of sp³-hybridized carbons (Fsp3) is 0.323. The molecule has 0 atom stereocenters. The van der Waals surface area contributed by atoms with E-state index in [1.54, 1.807) is 5.01 Å². The van der Waals surface area contributed by atoms with Gasteiger partial charge in [0.25, 0.3) is 0 Å². The normalized spacial score (nSPS) is 17.0. The number of rotatable bonds is 7. The number of likely N-dealkylation sites (tertiary alicyclic amines) is 1. The van der Waals surface area contributed by atoms with Crippen molar-refractivity contribution >= 4 is 18.0 Å². The van der Waals surface area contributed by atoms with Crippen molar-refractivity contribution in [2.24, 2.45) is 16.8 Å². The zero-order chi connectivity index (χ0) is 26.5. The zero-order valence-electron chi connectivity index (χ0n) is 22.1. The summed E-state index contributed by atoms with van der Waals surface area (Å²) >= 11 is 0. The molecule has 0 aliphatic carbocycles. The summed E-state index contributed by atoms with van der Waals surface area (Å²) in [6.45, 7) is 7.03. The molecule has 2 aliphatic heterocycles. The summed E-state index contributed by atoms with van der Waals surface area (Å²) in [7, 11) is 0. The average Bonchev–Trinajstić information content (AvgIpc) is 2.95. The van der Waals surface area contributed by atoms with E-state index in [1.807, 2.05) is 37.4 Å². The summed E-state index contributed by atoms with van der Waals surface area (Å²) in [6, 6.07) is 21.1. The largest absolute Gasteiger partial charge is 0.466 e. The predicted molar refractivity (Wildman–Crippen MR) is 152 cm³/mol. The van der Waals surface area contributed by atoms with E-state index < -0.39 is 0 Å². The van der Waals surface area contributed by atoms with Crippen LogP contribution in [0.2, 0.25) is 0 Å². The molecule has 5 rings (SSSR count). The number of hydrogen-bond donors (Lipinski definition) is 1. The molecule has 1 fully saturated rings. The van der Waals surface area contributed by atoms with Crippen molar-refractivity contribution in [1.82, 2.24) is 9.88 Å². The van der Waals surface area contributed by atoms with Crippen molar-refractivity contribution in [3.8, 4) is 22.4 Å². The number of nitrogens with two attached hydrogens (primary N) is 1. The van der Waals surface area contributed by atoms with E-state index in [1.165, 1.54) is 5.56 Å². The highest BCUT2D eigenvalue weighted by atomic mass is 16.5. The molecule has 7 nitrogen and oxygen atoms in total. The quantitative estimate of drug-likeness (QED) is 0.332. The minimum atomic E-state index is -0.0529. The third-order valence-electron chi connectivity index (χ3n) is 7.15. The monoisotopic (exact) mass is 509 g/mol. The van der Waals surface area contributed by atoms with Crippen LogP contribution in [0.3, 0.4) is 0 Å². The van der Waals surface area contributed by atoms with Gasteiger partial charge in [-0.3, -0.25) is 9.69 Å². The molecule has 0 spiro atoms. The van der Waals surface area contributed by atoms with Crippen LogP contribution in [0.4, 0.5) is 5.82 Å². The summed E-state index contributed by atoms with van der Waals surface area (Å²) in [4.78, 5) is 24.1. The Morgan fingerprint density at radius 3 is 2.47 bits per heavy atom. The van der Waals surface area contributed by atoms with Crippen LogP contribution in [0.5, 0.6) is 0 Å². The number of aromatic nitrogens is 1. The maximum atomic E-state index is 12.1. The number of hydrazine groups is 1. The molecule has 1 aromatic heterocycles. The van der Waals surface area contributed by atoms with Gasteiger partial charge in [0.05, 0.1) is 18.2 Å². The van der Waals surface area contributed by atoms with Crippen LogP contribution in [0, 0.1) is 5.92 Å². The highest BCUT2D eigenvalue weighted by Crippen LogP contribution is 2.36. The lowest BCUT2D eigenvalue weighted by Gasteiger charge is -2.30. The molecule has 0 bridgehead atoms. The van der Waals surface area contributed by atoms with Gasteiger partial charge in [0.1, 0.15) is 5.82 Å². The van der Waals surface area contributed by atoms with Gasteiger partial charge >= 0.3 is 5.97 Å². The minimum absolute atomic E-state index is 0.0277. The number of nitrogens with zero attached hydrogens (tertiary/aromatic N) is 4. The summed E-state index contributed by atoms with van der Waals surface area (Å²) in [5.74, 6) is 7.81. The minimum Gasteiger partial charge on any atom is -0.466 e. The average molecular weight is 510 g/mol. The van der Waals surface area contributed by atoms with E-state index in [0.29, 0.717) is 18.2 Å². The third-order valence-corrected chi connectivity index (χ3v) is 7.15. The first-order chi connectivity index (χ1) is 18.6. The molecule has 0 amide bonds. The second-order valence-corrected chi connectivity index (χ2v) is 9.76. The van der Waals surface area contributed by atoms with Crippen molar-refractivity contribution in [3.05, 3.63) is 83.7 Å². The van der Waals surface area contributed by atoms with Crippen molar-refractivity contribution < 1.29 is 9.53 Å². The highest BCUT2D eigenvalue weighted by molar-refractivity contribution is 5.95. The highest BCUT2D eigenvalue weighted by Gasteiger charge is 2.26. The maximum Gasteiger partial charge on any atom is 0.309 e. The molecule has 7 heteroatoms. The lowest BCUT2D eigenvalue weighted by atomic mass is 9.95. The number of pyridine rings is 1. The molecular weight excluding hydrogens is 474 g/mol. The topological polar surface area (TPSA) is 84.1 Å². The number of esters is 1. The molecule has 0 unspecified atom stereocenters. The summed E-state index contributed by atoms with van der Waals surface area (Å²) < 4.78 is 5.21. The summed E-state index contributed by atoms with van der Waals surface area (Å²) in [5, 5.41) is 1.57. The Kier molecular flexibility index (Phi) is 7.96. The number of hydrogen-bond acceptors (Lipinski definition) is 7. The first-order valence-electron chi connectivity index (χ1n) is 13.4. The van der Waals surface area contributed by atoms with Gasteiger partial charge in [0, 0.05) is 29.4 Å². The van der Waals surface area contributed by atoms with Gasteiger partial charge in [-0.05, 0) is 62.5 Å². The van der Waals surface area contributed by atoms with E-state index >= 15 is 0 Å². The van der Waals surface area contributed by atoms with Crippen LogP contribution in [-0.2, 0) is 16.1 Å². The Labute approximate surface area is 224 Å². The lowest BCUT2D eigenvalue weighted by Crippen LogP contribution is -2.36. The van der Waals surface area contributed by atoms with Crippen LogP contribution in [0.1, 0.15) is 44.2 Å². The SMILES string of the molecule is CC/C=C1/N=Cc2cc(-c3ccccc3)c(-c3ccc(CN4CCC(C(=O)OCC)CC4)cc3)nc2N1N. The zero-order valence-corrected chi connectivity index (χ0v) is 22.1. The van der Waals surface area contributed by atoms with Gasteiger partial charge in [-0.2, -0.15) is 0 Å². The van der Waals surface area contributed by atoms with Crippen LogP contribution >= 0.6 is 0 Å². The van der Waals surface area contributed by atoms with Crippen molar-refractivity contribution in [2.75, 3.05) is 24.7 Å². The lowest BCUT2D eigenvalue weighted by molar-refractivity contribution is -0.149. The maximum absolute atomic E-state index is 12.1. The second-order valence-electron chi connectivity index (χ2n) is 9.76. The number of anilines is 1. The Morgan fingerprint density at radius 2 is 1.79 bits per heavy atom. The van der Waals surface area contributed by atoms with E-state index in [0.717, 1.165) is 66.8 Å². The Balaban J connectivity index is 1.40. The van der Waals surface area contributed by atoms with Gasteiger partial charge in [-0.25, -0.2) is 20.8 Å². The summed E-state index contributed by atoms with van der Waals surface area (Å²) in [6.07, 6.45) is 6.38. The second kappa shape index (κ2) is 11.7. The molecular formula is C31H35N5O2. The van der Waals surface area contributed by atoms with E-state index in [9.17, 15) is 4.79 Å². The fourth-order valence-corrected chi connectivity index (χ4v) is 5.12. The first-order valence-corrected chi connectivity index (χ1v) is 13.4. The number of ether oxygens (including phenoxy) is 1. The van der Waals surface area contributed by atoms with Crippen LogP contribution < -0.4 is 10.9 Å². The number of allylic oxidation sites excluding steroid dienone is 1. The van der Waals surface area contributed by atoms with Gasteiger partial charge in [-0.15, -0.1) is 0 Å². The number of benzene rings is 2. The van der Waals surface area contributed by atoms with Crippen molar-refractivity contribution in [2.45, 2.75) is 39.7 Å². The van der Waals surface area contributed by atoms with Gasteiger partial charge < -0.3 is 4.74 Å². The molecule has 2 aromatic carbocycles. The van der Waals surface area contributed by atoms with Crippen molar-refractivity contribution in [3.63, 3.8) is 0 Å². The molecule has 0 radical (unpaired) electrons. The van der Waals surface area contributed by atoms with Crippen LogP contribution in [0.15, 0.2) is 77.6 Å². The Morgan fingerprint density at radius 1 is 1.05 bits per heavy atom. The molecule has 0 saturated carbocycles. The summed E-state index contributed by atoms with van der Waals surface area (Å²) in [5.41, 5.74) is 6.19. The molecule has 38 heavy (non-hydrogen) atoms. The number of fused-ring (bicyclic) bond motifs is 1. The fourth-order valence-electron chi connectivity index (χ4n) is 5.12. The van der Waals surface area contributed by atoms with Gasteiger partial charge in [0.2, 0.25) is 0 Å². The molecule has 2 aliphatic rings. The number of piperidine rings is 1. The number of carbonyl (C=O) groups excluding carboxylic acids is 1. The Hall–Kier alpha value is -3.81. The smallest absolute Gasteiger partial charge is 0.309 e. The Bertz CT molecular complexity index is 1330. The molecule has 3 aromatic rings. The number of aliphatic imine (C=N–C) groups is 1. The van der Waals surface area contributed by atoms with Crippen LogP contribution in [-0.4, -0.2) is 41.8 Å². The first kappa shape index (κ1) is 25.8. The molecule has 196 valence electrons. The van der Waals surface area contributed by atoms with Crippen LogP contribution in [0.25, 0.3) is 22.4 Å². The molecule has 1 saturated heterocycles. The third kappa shape index (κ3) is 5.54. The number of carbonyl (C=O) groups is 1. The van der Waals surface area contributed by atoms with Crippen molar-refractivity contribution in [1.29, 1.82) is 0 Å². The van der Waals surface area contributed by atoms with E-state index in [2.05, 4.69) is 59.3 Å².